The lowest BCUT2D eigenvalue weighted by atomic mass is 10.0. The topological polar surface area (TPSA) is 64.1 Å². The summed E-state index contributed by atoms with van der Waals surface area (Å²) in [4.78, 5) is 24.1. The fourth-order valence-corrected chi connectivity index (χ4v) is 4.77. The number of hydrogen-bond acceptors (Lipinski definition) is 5. The van der Waals surface area contributed by atoms with Crippen LogP contribution in [0.2, 0.25) is 0 Å². The van der Waals surface area contributed by atoms with Crippen molar-refractivity contribution in [2.45, 2.75) is 52.5 Å². The van der Waals surface area contributed by atoms with Crippen molar-refractivity contribution in [2.75, 3.05) is 7.11 Å². The normalized spacial score (nSPS) is 14.9. The van der Waals surface area contributed by atoms with E-state index in [0.29, 0.717) is 10.8 Å². The smallest absolute Gasteiger partial charge is 0.262 e. The van der Waals surface area contributed by atoms with Gasteiger partial charge in [0.05, 0.1) is 23.7 Å². The predicted octanol–water partition coefficient (Wildman–Crippen LogP) is 4.99. The molecule has 0 radical (unpaired) electrons. The summed E-state index contributed by atoms with van der Waals surface area (Å²) in [5, 5.41) is 4.14. The van der Waals surface area contributed by atoms with Crippen molar-refractivity contribution in [1.82, 2.24) is 15.3 Å². The maximum Gasteiger partial charge on any atom is 0.262 e. The van der Waals surface area contributed by atoms with Gasteiger partial charge in [-0.25, -0.2) is 9.97 Å². The number of benzene rings is 1. The molecule has 1 N–H and O–H groups in total. The van der Waals surface area contributed by atoms with Crippen LogP contribution in [0.5, 0.6) is 5.75 Å². The van der Waals surface area contributed by atoms with Crippen molar-refractivity contribution >= 4 is 27.5 Å². The van der Waals surface area contributed by atoms with E-state index >= 15 is 0 Å². The number of nitrogens with zero attached hydrogens (tertiary/aromatic N) is 2. The first-order valence-corrected chi connectivity index (χ1v) is 10.4. The van der Waals surface area contributed by atoms with Crippen LogP contribution >= 0.6 is 11.3 Å². The summed E-state index contributed by atoms with van der Waals surface area (Å²) in [5.41, 5.74) is 4.03. The molecule has 1 saturated carbocycles. The highest BCUT2D eigenvalue weighted by atomic mass is 32.1. The Kier molecular flexibility index (Phi) is 4.83. The maximum atomic E-state index is 13.1. The number of carbonyl (C=O) groups excluding carboxylic acids is 1. The molecule has 2 aromatic heterocycles. The Hall–Kier alpha value is -2.47. The number of aromatic nitrogens is 2. The summed E-state index contributed by atoms with van der Waals surface area (Å²) in [6.45, 7) is 8.01. The zero-order valence-electron chi connectivity index (χ0n) is 16.9. The summed E-state index contributed by atoms with van der Waals surface area (Å²) in [6, 6.07) is 5.84. The van der Waals surface area contributed by atoms with E-state index in [2.05, 4.69) is 16.4 Å². The molecule has 1 fully saturated rings. The monoisotopic (exact) mass is 395 g/mol. The number of methoxy groups -OCH3 is 1. The molecule has 0 spiro atoms. The Morgan fingerprint density at radius 1 is 1.25 bits per heavy atom. The molecule has 1 aromatic carbocycles. The SMILES string of the molecule is COc1ccc(C)cc1[C@@H](C)NC(=O)c1sc2nc(C3CC3)nc(C)c2c1C. The molecule has 1 aliphatic carbocycles. The van der Waals surface area contributed by atoms with Crippen LogP contribution in [0.4, 0.5) is 0 Å². The van der Waals surface area contributed by atoms with Crippen molar-refractivity contribution in [1.29, 1.82) is 0 Å². The highest BCUT2D eigenvalue weighted by Crippen LogP contribution is 2.40. The van der Waals surface area contributed by atoms with Gasteiger partial charge in [-0.3, -0.25) is 4.79 Å². The number of carbonyl (C=O) groups is 1. The van der Waals surface area contributed by atoms with Gasteiger partial charge in [-0.05, 0) is 52.2 Å². The quantitative estimate of drug-likeness (QED) is 0.661. The molecule has 6 heteroatoms. The molecule has 4 rings (SSSR count). The average Bonchev–Trinajstić information content (AvgIpc) is 3.45. The summed E-state index contributed by atoms with van der Waals surface area (Å²) in [6.07, 6.45) is 2.33. The van der Waals surface area contributed by atoms with Crippen LogP contribution in [0.1, 0.15) is 69.6 Å². The number of nitrogens with one attached hydrogen (secondary N) is 1. The van der Waals surface area contributed by atoms with Gasteiger partial charge in [0.1, 0.15) is 16.4 Å². The number of fused-ring (bicyclic) bond motifs is 1. The van der Waals surface area contributed by atoms with Gasteiger partial charge in [0.2, 0.25) is 0 Å². The molecule has 0 unspecified atom stereocenters. The Morgan fingerprint density at radius 3 is 2.68 bits per heavy atom. The van der Waals surface area contributed by atoms with Gasteiger partial charge in [0, 0.05) is 16.9 Å². The molecule has 146 valence electrons. The number of aryl methyl sites for hydroxylation is 3. The minimum absolute atomic E-state index is 0.0797. The second-order valence-corrected chi connectivity index (χ2v) is 8.62. The number of amides is 1. The van der Waals surface area contributed by atoms with Crippen LogP contribution in [0.3, 0.4) is 0 Å². The number of hydrogen-bond donors (Lipinski definition) is 1. The van der Waals surface area contributed by atoms with E-state index < -0.39 is 0 Å². The van der Waals surface area contributed by atoms with Crippen LogP contribution in [-0.4, -0.2) is 23.0 Å². The summed E-state index contributed by atoms with van der Waals surface area (Å²) >= 11 is 1.46. The van der Waals surface area contributed by atoms with Gasteiger partial charge in [-0.2, -0.15) is 0 Å². The van der Waals surface area contributed by atoms with Gasteiger partial charge < -0.3 is 10.1 Å². The molecule has 28 heavy (non-hydrogen) atoms. The van der Waals surface area contributed by atoms with Crippen LogP contribution < -0.4 is 10.1 Å². The first-order valence-electron chi connectivity index (χ1n) is 9.62. The number of ether oxygens (including phenoxy) is 1. The van der Waals surface area contributed by atoms with Gasteiger partial charge in [-0.15, -0.1) is 11.3 Å². The first-order chi connectivity index (χ1) is 13.4. The fourth-order valence-electron chi connectivity index (χ4n) is 3.63. The lowest BCUT2D eigenvalue weighted by Gasteiger charge is -2.18. The third kappa shape index (κ3) is 3.37. The largest absolute Gasteiger partial charge is 0.496 e. The highest BCUT2D eigenvalue weighted by Gasteiger charge is 2.29. The molecule has 0 saturated heterocycles. The molecular formula is C22H25N3O2S. The third-order valence-corrected chi connectivity index (χ3v) is 6.52. The van der Waals surface area contributed by atoms with E-state index in [1.165, 1.54) is 24.2 Å². The van der Waals surface area contributed by atoms with Gasteiger partial charge in [-0.1, -0.05) is 17.7 Å². The van der Waals surface area contributed by atoms with Crippen LogP contribution in [-0.2, 0) is 0 Å². The summed E-state index contributed by atoms with van der Waals surface area (Å²) in [7, 11) is 1.65. The van der Waals surface area contributed by atoms with E-state index in [9.17, 15) is 4.79 Å². The minimum atomic E-state index is -0.166. The van der Waals surface area contributed by atoms with Crippen LogP contribution in [0.15, 0.2) is 18.2 Å². The summed E-state index contributed by atoms with van der Waals surface area (Å²) in [5.74, 6) is 2.12. The van der Waals surface area contributed by atoms with Crippen LogP contribution in [0.25, 0.3) is 10.2 Å². The van der Waals surface area contributed by atoms with E-state index in [1.54, 1.807) is 7.11 Å². The number of rotatable bonds is 5. The second-order valence-electron chi connectivity index (χ2n) is 7.62. The molecule has 2 heterocycles. The average molecular weight is 396 g/mol. The lowest BCUT2D eigenvalue weighted by molar-refractivity contribution is 0.0943. The zero-order chi connectivity index (χ0) is 20.0. The van der Waals surface area contributed by atoms with Crippen molar-refractivity contribution in [3.8, 4) is 5.75 Å². The minimum Gasteiger partial charge on any atom is -0.496 e. The van der Waals surface area contributed by atoms with Crippen molar-refractivity contribution in [3.05, 3.63) is 51.3 Å². The van der Waals surface area contributed by atoms with Crippen molar-refractivity contribution in [2.24, 2.45) is 0 Å². The molecule has 1 amide bonds. The van der Waals surface area contributed by atoms with Gasteiger partial charge in [0.25, 0.3) is 5.91 Å². The third-order valence-electron chi connectivity index (χ3n) is 5.34. The predicted molar refractivity (Wildman–Crippen MR) is 112 cm³/mol. The Balaban J connectivity index is 1.65. The summed E-state index contributed by atoms with van der Waals surface area (Å²) < 4.78 is 5.47. The lowest BCUT2D eigenvalue weighted by Crippen LogP contribution is -2.26. The second kappa shape index (κ2) is 7.17. The highest BCUT2D eigenvalue weighted by molar-refractivity contribution is 7.20. The zero-order valence-corrected chi connectivity index (χ0v) is 17.7. The number of thiophene rings is 1. The maximum absolute atomic E-state index is 13.1. The Labute approximate surface area is 169 Å². The molecular weight excluding hydrogens is 370 g/mol. The van der Waals surface area contributed by atoms with E-state index in [0.717, 1.165) is 44.2 Å². The van der Waals surface area contributed by atoms with Gasteiger partial charge >= 0.3 is 0 Å². The first kappa shape index (κ1) is 18.9. The molecule has 0 aliphatic heterocycles. The van der Waals surface area contributed by atoms with Crippen LogP contribution in [0, 0.1) is 20.8 Å². The molecule has 3 aromatic rings. The standard InChI is InChI=1S/C22H25N3O2S/c1-11-6-9-17(27-5)16(10-11)13(3)24-21(26)19-12(2)18-14(4)23-20(15-7-8-15)25-22(18)28-19/h6,9-10,13,15H,7-8H2,1-5H3,(H,24,26)/t13-/m1/s1. The van der Waals surface area contributed by atoms with Crippen molar-refractivity contribution in [3.63, 3.8) is 0 Å². The van der Waals surface area contributed by atoms with Crippen molar-refractivity contribution < 1.29 is 9.53 Å². The van der Waals surface area contributed by atoms with E-state index in [4.69, 9.17) is 9.72 Å². The molecule has 0 bridgehead atoms. The molecule has 1 atom stereocenters. The Morgan fingerprint density at radius 2 is 2.00 bits per heavy atom. The van der Waals surface area contributed by atoms with E-state index in [1.807, 2.05) is 39.8 Å². The molecule has 5 nitrogen and oxygen atoms in total. The fraction of sp³-hybridized carbons (Fsp3) is 0.409. The molecule has 1 aliphatic rings. The Bertz CT molecular complexity index is 1070. The van der Waals surface area contributed by atoms with Gasteiger partial charge in [0.15, 0.2) is 0 Å². The van der Waals surface area contributed by atoms with E-state index in [-0.39, 0.29) is 11.9 Å².